The van der Waals surface area contributed by atoms with Gasteiger partial charge >= 0.3 is 5.97 Å². The predicted octanol–water partition coefficient (Wildman–Crippen LogP) is 4.01. The van der Waals surface area contributed by atoms with Crippen molar-refractivity contribution < 1.29 is 23.2 Å². The number of carbonyl (C=O) groups excluding carboxylic acids is 2. The van der Waals surface area contributed by atoms with Crippen LogP contribution in [0.3, 0.4) is 0 Å². The van der Waals surface area contributed by atoms with Crippen molar-refractivity contribution in [1.82, 2.24) is 14.7 Å². The molecule has 1 aromatic carbocycles. The molecular weight excluding hydrogens is 397 g/mol. The lowest BCUT2D eigenvalue weighted by Crippen LogP contribution is -2.14. The number of aromatic nitrogens is 3. The smallest absolute Gasteiger partial charge is 0.361 e. The molecule has 4 rings (SSSR count). The average Bonchev–Trinajstić information content (AvgIpc) is 3.24. The zero-order chi connectivity index (χ0) is 20.5. The first-order valence-corrected chi connectivity index (χ1v) is 10.4. The average molecular weight is 415 g/mol. The molecule has 0 radical (unpaired) electrons. The lowest BCUT2D eigenvalue weighted by molar-refractivity contribution is 0.0512. The van der Waals surface area contributed by atoms with Crippen molar-refractivity contribution in [2.45, 2.75) is 30.6 Å². The maximum Gasteiger partial charge on any atom is 0.361 e. The maximum absolute atomic E-state index is 15.2. The monoisotopic (exact) mass is 415 g/mol. The Morgan fingerprint density at radius 3 is 2.79 bits per heavy atom. The summed E-state index contributed by atoms with van der Waals surface area (Å²) in [6, 6.07) is 3.06. The summed E-state index contributed by atoms with van der Waals surface area (Å²) < 4.78 is 27.1. The molecule has 9 heteroatoms. The summed E-state index contributed by atoms with van der Waals surface area (Å²) >= 11 is 1.12. The van der Waals surface area contributed by atoms with Crippen LogP contribution in [0.4, 0.5) is 4.39 Å². The fourth-order valence-electron chi connectivity index (χ4n) is 3.14. The Kier molecular flexibility index (Phi) is 5.23. The summed E-state index contributed by atoms with van der Waals surface area (Å²) in [6.07, 6.45) is 8.03. The van der Waals surface area contributed by atoms with Crippen molar-refractivity contribution in [3.63, 3.8) is 0 Å². The van der Waals surface area contributed by atoms with Crippen LogP contribution in [-0.4, -0.2) is 39.3 Å². The number of benzene rings is 1. The quantitative estimate of drug-likeness (QED) is 0.327. The van der Waals surface area contributed by atoms with Gasteiger partial charge in [-0.05, 0) is 38.2 Å². The fraction of sp³-hybridized carbons (Fsp3) is 0.300. The highest BCUT2D eigenvalue weighted by molar-refractivity contribution is 7.98. The SMILES string of the molecule is CCOC(=O)c1noc(C2CC2)c1C(=O)c1ccc(-n2ccnc2)c(F)c1SC. The Morgan fingerprint density at radius 1 is 1.38 bits per heavy atom. The van der Waals surface area contributed by atoms with Crippen LogP contribution >= 0.6 is 11.8 Å². The van der Waals surface area contributed by atoms with E-state index in [1.807, 2.05) is 0 Å². The third-order valence-corrected chi connectivity index (χ3v) is 5.48. The van der Waals surface area contributed by atoms with Crippen molar-refractivity contribution in [2.24, 2.45) is 0 Å². The Hall–Kier alpha value is -2.94. The molecule has 2 heterocycles. The van der Waals surface area contributed by atoms with Gasteiger partial charge in [0.2, 0.25) is 5.69 Å². The van der Waals surface area contributed by atoms with Crippen LogP contribution in [0.15, 0.2) is 40.3 Å². The van der Waals surface area contributed by atoms with Gasteiger partial charge in [0.05, 0.1) is 23.5 Å². The summed E-state index contributed by atoms with van der Waals surface area (Å²) in [5, 5.41) is 3.80. The highest BCUT2D eigenvalue weighted by Crippen LogP contribution is 2.43. The molecule has 7 nitrogen and oxygen atoms in total. The first kappa shape index (κ1) is 19.4. The minimum atomic E-state index is -0.729. The van der Waals surface area contributed by atoms with Gasteiger partial charge in [0.25, 0.3) is 0 Å². The summed E-state index contributed by atoms with van der Waals surface area (Å²) in [5.41, 5.74) is 0.331. The van der Waals surface area contributed by atoms with E-state index in [9.17, 15) is 9.59 Å². The third kappa shape index (κ3) is 3.46. The molecule has 0 amide bonds. The molecule has 1 saturated carbocycles. The number of halogens is 1. The molecule has 0 atom stereocenters. The highest BCUT2D eigenvalue weighted by atomic mass is 32.2. The molecule has 0 saturated heterocycles. The number of esters is 1. The van der Waals surface area contributed by atoms with Gasteiger partial charge in [-0.2, -0.15) is 0 Å². The van der Waals surface area contributed by atoms with Crippen molar-refractivity contribution in [1.29, 1.82) is 0 Å². The number of imidazole rings is 1. The Balaban J connectivity index is 1.82. The zero-order valence-corrected chi connectivity index (χ0v) is 16.7. The van der Waals surface area contributed by atoms with Gasteiger partial charge in [0, 0.05) is 23.9 Å². The van der Waals surface area contributed by atoms with Gasteiger partial charge in [0.1, 0.15) is 5.56 Å². The Morgan fingerprint density at radius 2 is 2.17 bits per heavy atom. The van der Waals surface area contributed by atoms with Gasteiger partial charge in [-0.15, -0.1) is 11.8 Å². The van der Waals surface area contributed by atoms with E-state index in [4.69, 9.17) is 9.26 Å². The minimum absolute atomic E-state index is 0.0393. The zero-order valence-electron chi connectivity index (χ0n) is 15.8. The molecular formula is C20H18FN3O4S. The molecule has 2 aromatic heterocycles. The lowest BCUT2D eigenvalue weighted by Gasteiger charge is -2.12. The lowest BCUT2D eigenvalue weighted by atomic mass is 9.99. The molecule has 0 N–H and O–H groups in total. The van der Waals surface area contributed by atoms with Crippen LogP contribution in [0.1, 0.15) is 57.9 Å². The summed E-state index contributed by atoms with van der Waals surface area (Å²) in [7, 11) is 0. The summed E-state index contributed by atoms with van der Waals surface area (Å²) in [6.45, 7) is 1.81. The van der Waals surface area contributed by atoms with Crippen molar-refractivity contribution >= 4 is 23.5 Å². The number of nitrogens with zero attached hydrogens (tertiary/aromatic N) is 3. The van der Waals surface area contributed by atoms with Crippen molar-refractivity contribution in [3.05, 3.63) is 59.3 Å². The van der Waals surface area contributed by atoms with Crippen LogP contribution in [0.5, 0.6) is 0 Å². The van der Waals surface area contributed by atoms with Crippen LogP contribution in [0.25, 0.3) is 5.69 Å². The van der Waals surface area contributed by atoms with Gasteiger partial charge in [0.15, 0.2) is 17.4 Å². The second-order valence-electron chi connectivity index (χ2n) is 6.54. The van der Waals surface area contributed by atoms with Crippen LogP contribution in [0.2, 0.25) is 0 Å². The van der Waals surface area contributed by atoms with E-state index in [1.54, 1.807) is 31.6 Å². The molecule has 0 bridgehead atoms. The second-order valence-corrected chi connectivity index (χ2v) is 7.36. The number of ether oxygens (including phenoxy) is 1. The molecule has 0 unspecified atom stereocenters. The molecule has 1 fully saturated rings. The molecule has 3 aromatic rings. The van der Waals surface area contributed by atoms with Crippen LogP contribution < -0.4 is 0 Å². The second kappa shape index (κ2) is 7.82. The number of thioether (sulfide) groups is 1. The standard InChI is InChI=1S/C20H18FN3O4S/c1-3-27-20(26)16-14(18(28-23-16)11-4-5-11)17(25)12-6-7-13(15(21)19(12)29-2)24-9-8-22-10-24/h6-11H,3-5H2,1-2H3. The molecule has 29 heavy (non-hydrogen) atoms. The number of ketones is 1. The van der Waals surface area contributed by atoms with Crippen LogP contribution in [-0.2, 0) is 4.74 Å². The fourth-order valence-corrected chi connectivity index (χ4v) is 3.81. The normalized spacial score (nSPS) is 13.5. The highest BCUT2D eigenvalue weighted by Gasteiger charge is 2.38. The number of rotatable bonds is 7. The summed E-state index contributed by atoms with van der Waals surface area (Å²) in [5.74, 6) is -1.37. The van der Waals surface area contributed by atoms with Gasteiger partial charge < -0.3 is 13.8 Å². The van der Waals surface area contributed by atoms with E-state index in [2.05, 4.69) is 10.1 Å². The van der Waals surface area contributed by atoms with Crippen LogP contribution in [0, 0.1) is 5.82 Å². The van der Waals surface area contributed by atoms with E-state index in [-0.39, 0.29) is 39.9 Å². The third-order valence-electron chi connectivity index (χ3n) is 4.67. The maximum atomic E-state index is 15.2. The van der Waals surface area contributed by atoms with Crippen molar-refractivity contribution in [2.75, 3.05) is 12.9 Å². The van der Waals surface area contributed by atoms with E-state index in [0.717, 1.165) is 24.6 Å². The molecule has 150 valence electrons. The molecule has 1 aliphatic rings. The minimum Gasteiger partial charge on any atom is -0.461 e. The first-order chi connectivity index (χ1) is 14.1. The molecule has 1 aliphatic carbocycles. The van der Waals surface area contributed by atoms with E-state index in [1.165, 1.54) is 17.0 Å². The largest absolute Gasteiger partial charge is 0.461 e. The topological polar surface area (TPSA) is 87.2 Å². The van der Waals surface area contributed by atoms with E-state index in [0.29, 0.717) is 5.76 Å². The van der Waals surface area contributed by atoms with E-state index >= 15 is 4.39 Å². The van der Waals surface area contributed by atoms with Gasteiger partial charge in [-0.25, -0.2) is 14.2 Å². The van der Waals surface area contributed by atoms with E-state index < -0.39 is 17.6 Å². The number of hydrogen-bond donors (Lipinski definition) is 0. The van der Waals surface area contributed by atoms with Gasteiger partial charge in [-0.1, -0.05) is 5.16 Å². The number of carbonyl (C=O) groups is 2. The Bertz CT molecular complexity index is 1070. The molecule has 0 spiro atoms. The first-order valence-electron chi connectivity index (χ1n) is 9.13. The molecule has 0 aliphatic heterocycles. The number of hydrogen-bond acceptors (Lipinski definition) is 7. The predicted molar refractivity (Wildman–Crippen MR) is 103 cm³/mol. The summed E-state index contributed by atoms with van der Waals surface area (Å²) in [4.78, 5) is 29.8. The van der Waals surface area contributed by atoms with Crippen molar-refractivity contribution in [3.8, 4) is 5.69 Å². The van der Waals surface area contributed by atoms with Gasteiger partial charge in [-0.3, -0.25) is 4.79 Å². The Labute approximate surface area is 170 Å².